The summed E-state index contributed by atoms with van der Waals surface area (Å²) in [4.78, 5) is 7.95. The molecule has 1 N–H and O–H groups in total. The molecule has 0 unspecified atom stereocenters. The number of benzene rings is 2. The minimum absolute atomic E-state index is 0. The van der Waals surface area contributed by atoms with Crippen molar-refractivity contribution in [1.82, 2.24) is 0 Å². The smallest absolute Gasteiger partial charge is 0.295 e. The van der Waals surface area contributed by atoms with Gasteiger partial charge in [0.05, 0.1) is 0 Å². The van der Waals surface area contributed by atoms with Crippen molar-refractivity contribution in [3.8, 4) is 0 Å². The van der Waals surface area contributed by atoms with Crippen LogP contribution in [0.1, 0.15) is 1.43 Å². The first-order chi connectivity index (χ1) is 7.59. The molecule has 2 aromatic rings. The quantitative estimate of drug-likeness (QED) is 0.628. The second-order valence-electron chi connectivity index (χ2n) is 2.95. The molecule has 2 aromatic carbocycles. The van der Waals surface area contributed by atoms with Crippen LogP contribution < -0.4 is 0 Å². The molecule has 17 heavy (non-hydrogen) atoms. The van der Waals surface area contributed by atoms with Gasteiger partial charge in [0.1, 0.15) is 11.7 Å². The summed E-state index contributed by atoms with van der Waals surface area (Å²) < 4.78 is 31.0. The van der Waals surface area contributed by atoms with Crippen molar-refractivity contribution in [2.75, 3.05) is 0 Å². The van der Waals surface area contributed by atoms with Gasteiger partial charge in [-0.15, -0.1) is 0 Å². The second kappa shape index (κ2) is 6.88. The van der Waals surface area contributed by atoms with Crippen LogP contribution in [0.25, 0.3) is 10.8 Å². The Kier molecular flexibility index (Phi) is 6.59. The molecule has 0 aliphatic heterocycles. The third-order valence-electron chi connectivity index (χ3n) is 2.03. The molecule has 1 radical (unpaired) electrons. The van der Waals surface area contributed by atoms with Gasteiger partial charge in [-0.2, -0.15) is 8.42 Å². The van der Waals surface area contributed by atoms with E-state index in [1.54, 1.807) is 30.3 Å². The maximum absolute atomic E-state index is 11.0. The van der Waals surface area contributed by atoms with E-state index in [-0.39, 0.29) is 35.9 Å². The first-order valence-electron chi connectivity index (χ1n) is 4.33. The van der Waals surface area contributed by atoms with Gasteiger partial charge in [0.15, 0.2) is 0 Å². The molecule has 2 rings (SSSR count). The Hall–Kier alpha value is -0.720. The summed E-state index contributed by atoms with van der Waals surface area (Å²) in [6.45, 7) is 2.00. The molecule has 0 bridgehead atoms. The summed E-state index contributed by atoms with van der Waals surface area (Å²) in [7, 11) is -4.13. The number of hydrogen-bond acceptors (Lipinski definition) is 3. The molecule has 0 aromatic heterocycles. The monoisotopic (exact) mass is 263 g/mol. The van der Waals surface area contributed by atoms with E-state index < -0.39 is 10.1 Å². The Balaban J connectivity index is 0. The van der Waals surface area contributed by atoms with Crippen molar-refractivity contribution in [1.29, 1.82) is 0 Å². The molecule has 6 heteroatoms. The number of rotatable bonds is 1. The topological polar surface area (TPSA) is 71.4 Å². The molecule has 0 aliphatic rings. The van der Waals surface area contributed by atoms with Gasteiger partial charge in [-0.05, 0) is 11.5 Å². The van der Waals surface area contributed by atoms with Gasteiger partial charge in [-0.1, -0.05) is 36.4 Å². The van der Waals surface area contributed by atoms with Gasteiger partial charge in [0.25, 0.3) is 10.1 Å². The Bertz CT molecular complexity index is 596. The van der Waals surface area contributed by atoms with Crippen LogP contribution in [0.15, 0.2) is 47.4 Å². The number of hydrogen-bond donors (Lipinski definition) is 1. The third-order valence-corrected chi connectivity index (χ3v) is 2.94. The number of fused-ring (bicyclic) bond motifs is 1. The normalized spacial score (nSPS) is 9.94. The fraction of sp³-hybridized carbons (Fsp3) is 0. The molecule has 0 fully saturated rings. The van der Waals surface area contributed by atoms with Crippen LogP contribution in [0.5, 0.6) is 0 Å². The van der Waals surface area contributed by atoms with Gasteiger partial charge < -0.3 is 4.79 Å². The van der Waals surface area contributed by atoms with Crippen LogP contribution in [0.3, 0.4) is 0 Å². The molecule has 0 heterocycles. The van der Waals surface area contributed by atoms with Gasteiger partial charge in [0, 0.05) is 36.4 Å². The van der Waals surface area contributed by atoms with E-state index in [1.807, 2.05) is 12.9 Å². The molecule has 0 aliphatic carbocycles. The standard InChI is InChI=1S/C10H8O3S.CH2O.Na.H2/c11-14(12,13)10-7-3-5-8-4-1-2-6-9(8)10;1-2;;/h1-7H,(H,11,12,13);1H2;;1H. The summed E-state index contributed by atoms with van der Waals surface area (Å²) in [6.07, 6.45) is 0. The molecular formula is C11H12NaO4S. The summed E-state index contributed by atoms with van der Waals surface area (Å²) in [6, 6.07) is 11.8. The molecular weight excluding hydrogens is 251 g/mol. The van der Waals surface area contributed by atoms with Gasteiger partial charge >= 0.3 is 0 Å². The average molecular weight is 263 g/mol. The molecule has 0 saturated carbocycles. The maximum atomic E-state index is 11.0. The maximum Gasteiger partial charge on any atom is 0.295 e. The van der Waals surface area contributed by atoms with Crippen molar-refractivity contribution in [2.24, 2.45) is 0 Å². The Morgan fingerprint density at radius 2 is 1.53 bits per heavy atom. The Morgan fingerprint density at radius 1 is 1.00 bits per heavy atom. The zero-order valence-electron chi connectivity index (χ0n) is 9.33. The fourth-order valence-corrected chi connectivity index (χ4v) is 2.13. The largest absolute Gasteiger partial charge is 0.307 e. The van der Waals surface area contributed by atoms with E-state index in [4.69, 9.17) is 9.35 Å². The van der Waals surface area contributed by atoms with Gasteiger partial charge in [0.2, 0.25) is 0 Å². The van der Waals surface area contributed by atoms with E-state index in [0.717, 1.165) is 5.39 Å². The van der Waals surface area contributed by atoms with Crippen LogP contribution in [0.2, 0.25) is 0 Å². The van der Waals surface area contributed by atoms with Crippen LogP contribution in [0.4, 0.5) is 0 Å². The van der Waals surface area contributed by atoms with E-state index in [0.29, 0.717) is 5.39 Å². The molecule has 87 valence electrons. The van der Waals surface area contributed by atoms with Gasteiger partial charge in [-0.25, -0.2) is 0 Å². The number of carbonyl (C=O) groups excluding carboxylic acids is 1. The number of carbonyl (C=O) groups is 1. The van der Waals surface area contributed by atoms with E-state index in [2.05, 4.69) is 0 Å². The average Bonchev–Trinajstić information content (AvgIpc) is 2.30. The molecule has 0 spiro atoms. The van der Waals surface area contributed by atoms with Crippen LogP contribution in [-0.4, -0.2) is 49.3 Å². The molecule has 4 nitrogen and oxygen atoms in total. The molecule has 0 amide bonds. The zero-order valence-corrected chi connectivity index (χ0v) is 12.1. The van der Waals surface area contributed by atoms with Crippen molar-refractivity contribution < 1.29 is 19.2 Å². The van der Waals surface area contributed by atoms with Crippen molar-refractivity contribution >= 4 is 57.2 Å². The minimum atomic E-state index is -4.13. The van der Waals surface area contributed by atoms with Crippen LogP contribution in [0, 0.1) is 0 Å². The van der Waals surface area contributed by atoms with Gasteiger partial charge in [-0.3, -0.25) is 4.55 Å². The predicted molar refractivity (Wildman–Crippen MR) is 68.8 cm³/mol. The predicted octanol–water partition coefficient (Wildman–Crippen LogP) is 1.77. The summed E-state index contributed by atoms with van der Waals surface area (Å²) >= 11 is 0. The third kappa shape index (κ3) is 3.90. The van der Waals surface area contributed by atoms with E-state index in [1.165, 1.54) is 6.07 Å². The first kappa shape index (κ1) is 16.3. The zero-order chi connectivity index (χ0) is 12.2. The second-order valence-corrected chi connectivity index (χ2v) is 4.34. The van der Waals surface area contributed by atoms with Crippen molar-refractivity contribution in [3.63, 3.8) is 0 Å². The first-order valence-corrected chi connectivity index (χ1v) is 5.77. The summed E-state index contributed by atoms with van der Waals surface area (Å²) in [5, 5.41) is 1.33. The van der Waals surface area contributed by atoms with Crippen LogP contribution in [-0.2, 0) is 14.9 Å². The van der Waals surface area contributed by atoms with Crippen molar-refractivity contribution in [2.45, 2.75) is 4.90 Å². The minimum Gasteiger partial charge on any atom is -0.307 e. The fourth-order valence-electron chi connectivity index (χ4n) is 1.42. The Labute approximate surface area is 123 Å². The van der Waals surface area contributed by atoms with Crippen molar-refractivity contribution in [3.05, 3.63) is 42.5 Å². The SMILES string of the molecule is C=O.O=S(=O)(O)c1cccc2ccccc12.[HH].[Na]. The summed E-state index contributed by atoms with van der Waals surface area (Å²) in [5.41, 5.74) is 0. The Morgan fingerprint density at radius 3 is 2.12 bits per heavy atom. The summed E-state index contributed by atoms with van der Waals surface area (Å²) in [5.74, 6) is 0. The van der Waals surface area contributed by atoms with Crippen LogP contribution >= 0.6 is 0 Å². The van der Waals surface area contributed by atoms with E-state index in [9.17, 15) is 8.42 Å². The molecule has 0 saturated heterocycles. The van der Waals surface area contributed by atoms with E-state index >= 15 is 0 Å². The molecule has 0 atom stereocenters.